The van der Waals surface area contributed by atoms with Gasteiger partial charge in [0.25, 0.3) is 0 Å². The van der Waals surface area contributed by atoms with Crippen molar-refractivity contribution in [2.75, 3.05) is 6.54 Å². The Balaban J connectivity index is 1.85. The maximum Gasteiger partial charge on any atom is 0.0938 e. The zero-order valence-electron chi connectivity index (χ0n) is 9.48. The quantitative estimate of drug-likeness (QED) is 0.778. The molecule has 0 atom stereocenters. The fraction of sp³-hybridized carbons (Fsp3) is 0.462. The van der Waals surface area contributed by atoms with E-state index in [-0.39, 0.29) is 0 Å². The smallest absolute Gasteiger partial charge is 0.0938 e. The second-order valence-electron chi connectivity index (χ2n) is 4.03. The third-order valence-corrected chi connectivity index (χ3v) is 3.78. The predicted molar refractivity (Wildman–Crippen MR) is 70.8 cm³/mol. The van der Waals surface area contributed by atoms with Crippen LogP contribution in [0, 0.1) is 0 Å². The van der Waals surface area contributed by atoms with Crippen molar-refractivity contribution in [2.45, 2.75) is 32.1 Å². The molecule has 2 N–H and O–H groups in total. The first kappa shape index (κ1) is 11.6. The van der Waals surface area contributed by atoms with E-state index in [1.165, 1.54) is 29.0 Å². The van der Waals surface area contributed by atoms with Crippen molar-refractivity contribution in [3.63, 3.8) is 0 Å². The summed E-state index contributed by atoms with van der Waals surface area (Å²) >= 11 is 1.83. The minimum atomic E-state index is 0.821. The van der Waals surface area contributed by atoms with Gasteiger partial charge in [-0.2, -0.15) is 0 Å². The van der Waals surface area contributed by atoms with Crippen LogP contribution in [0.15, 0.2) is 24.3 Å². The van der Waals surface area contributed by atoms with E-state index in [0.717, 1.165) is 24.9 Å². The normalized spacial score (nSPS) is 11.1. The molecule has 0 unspecified atom stereocenters. The first-order valence-corrected chi connectivity index (χ1v) is 6.76. The van der Waals surface area contributed by atoms with E-state index in [1.54, 1.807) is 0 Å². The highest BCUT2D eigenvalue weighted by molar-refractivity contribution is 7.18. The molecule has 2 aromatic rings. The number of unbranched alkanes of at least 4 members (excludes halogenated alkanes) is 3. The van der Waals surface area contributed by atoms with Gasteiger partial charge in [-0.3, -0.25) is 0 Å². The zero-order chi connectivity index (χ0) is 11.2. The lowest BCUT2D eigenvalue weighted by Gasteiger charge is -1.97. The van der Waals surface area contributed by atoms with E-state index >= 15 is 0 Å². The van der Waals surface area contributed by atoms with Crippen molar-refractivity contribution in [1.82, 2.24) is 4.98 Å². The summed E-state index contributed by atoms with van der Waals surface area (Å²) in [6.07, 6.45) is 6.03. The Hall–Kier alpha value is -0.930. The number of thiazole rings is 1. The van der Waals surface area contributed by atoms with Crippen LogP contribution in [0.4, 0.5) is 0 Å². The third kappa shape index (κ3) is 3.03. The van der Waals surface area contributed by atoms with Crippen LogP contribution < -0.4 is 5.73 Å². The molecule has 0 aliphatic heterocycles. The molecule has 0 aliphatic rings. The monoisotopic (exact) mass is 234 g/mol. The second kappa shape index (κ2) is 5.97. The van der Waals surface area contributed by atoms with E-state index < -0.39 is 0 Å². The summed E-state index contributed by atoms with van der Waals surface area (Å²) in [5.74, 6) is 0. The van der Waals surface area contributed by atoms with Crippen LogP contribution in [0.3, 0.4) is 0 Å². The van der Waals surface area contributed by atoms with Gasteiger partial charge < -0.3 is 5.73 Å². The first-order valence-electron chi connectivity index (χ1n) is 5.94. The van der Waals surface area contributed by atoms with Gasteiger partial charge in [-0.15, -0.1) is 11.3 Å². The number of aryl methyl sites for hydroxylation is 1. The molecule has 0 amide bonds. The van der Waals surface area contributed by atoms with E-state index in [1.807, 2.05) is 17.4 Å². The zero-order valence-corrected chi connectivity index (χ0v) is 10.3. The van der Waals surface area contributed by atoms with Crippen molar-refractivity contribution >= 4 is 21.6 Å². The Labute approximate surface area is 101 Å². The Bertz CT molecular complexity index is 403. The molecule has 1 heterocycles. The molecule has 0 fully saturated rings. The first-order chi connectivity index (χ1) is 7.90. The fourth-order valence-corrected chi connectivity index (χ4v) is 2.81. The van der Waals surface area contributed by atoms with E-state index in [4.69, 9.17) is 5.73 Å². The summed E-state index contributed by atoms with van der Waals surface area (Å²) < 4.78 is 1.31. The highest BCUT2D eigenvalue weighted by atomic mass is 32.1. The van der Waals surface area contributed by atoms with Crippen molar-refractivity contribution in [2.24, 2.45) is 5.73 Å². The number of hydrogen-bond acceptors (Lipinski definition) is 3. The lowest BCUT2D eigenvalue weighted by molar-refractivity contribution is 0.646. The van der Waals surface area contributed by atoms with E-state index in [2.05, 4.69) is 23.2 Å². The number of hydrogen-bond donors (Lipinski definition) is 1. The third-order valence-electron chi connectivity index (χ3n) is 2.68. The molecule has 0 saturated heterocycles. The Morgan fingerprint density at radius 3 is 2.69 bits per heavy atom. The number of fused-ring (bicyclic) bond motifs is 1. The van der Waals surface area contributed by atoms with Crippen LogP contribution in [0.1, 0.15) is 30.7 Å². The van der Waals surface area contributed by atoms with Crippen LogP contribution in [-0.2, 0) is 6.42 Å². The molecule has 0 aliphatic carbocycles. The van der Waals surface area contributed by atoms with E-state index in [0.29, 0.717) is 0 Å². The minimum Gasteiger partial charge on any atom is -0.330 e. The summed E-state index contributed by atoms with van der Waals surface area (Å²) in [6, 6.07) is 8.35. The van der Waals surface area contributed by atoms with E-state index in [9.17, 15) is 0 Å². The van der Waals surface area contributed by atoms with Crippen LogP contribution >= 0.6 is 11.3 Å². The van der Waals surface area contributed by atoms with Crippen LogP contribution in [-0.4, -0.2) is 11.5 Å². The van der Waals surface area contributed by atoms with Crippen molar-refractivity contribution in [1.29, 1.82) is 0 Å². The topological polar surface area (TPSA) is 38.9 Å². The maximum atomic E-state index is 5.46. The molecule has 2 nitrogen and oxygen atoms in total. The molecule has 1 aromatic carbocycles. The summed E-state index contributed by atoms with van der Waals surface area (Å²) in [5, 5.41) is 1.27. The SMILES string of the molecule is NCCCCCCc1nc2ccccc2s1. The number of rotatable bonds is 6. The summed E-state index contributed by atoms with van der Waals surface area (Å²) in [7, 11) is 0. The van der Waals surface area contributed by atoms with Gasteiger partial charge in [0.2, 0.25) is 0 Å². The average molecular weight is 234 g/mol. The van der Waals surface area contributed by atoms with Gasteiger partial charge in [-0.1, -0.05) is 25.0 Å². The Morgan fingerprint density at radius 2 is 1.88 bits per heavy atom. The van der Waals surface area contributed by atoms with Crippen LogP contribution in [0.5, 0.6) is 0 Å². The number of nitrogens with zero attached hydrogens (tertiary/aromatic N) is 1. The number of aromatic nitrogens is 1. The molecule has 16 heavy (non-hydrogen) atoms. The summed E-state index contributed by atoms with van der Waals surface area (Å²) in [5.41, 5.74) is 6.61. The molecule has 2 rings (SSSR count). The fourth-order valence-electron chi connectivity index (χ4n) is 1.80. The van der Waals surface area contributed by atoms with Gasteiger partial charge in [0.1, 0.15) is 0 Å². The van der Waals surface area contributed by atoms with Crippen LogP contribution in [0.2, 0.25) is 0 Å². The molecular formula is C13H18N2S. The second-order valence-corrected chi connectivity index (χ2v) is 5.14. The average Bonchev–Trinajstić information content (AvgIpc) is 2.71. The van der Waals surface area contributed by atoms with Crippen molar-refractivity contribution < 1.29 is 0 Å². The standard InChI is InChI=1S/C13H18N2S/c14-10-6-2-1-3-9-13-15-11-7-4-5-8-12(11)16-13/h4-5,7-8H,1-3,6,9-10,14H2. The molecule has 0 saturated carbocycles. The number of nitrogens with two attached hydrogens (primary N) is 1. The Kier molecular flexibility index (Phi) is 4.31. The van der Waals surface area contributed by atoms with Gasteiger partial charge in [0, 0.05) is 0 Å². The molecule has 3 heteroatoms. The van der Waals surface area contributed by atoms with Gasteiger partial charge in [-0.05, 0) is 37.9 Å². The van der Waals surface area contributed by atoms with Gasteiger partial charge >= 0.3 is 0 Å². The molecule has 1 aromatic heterocycles. The molecule has 0 spiro atoms. The number of benzene rings is 1. The minimum absolute atomic E-state index is 0.821. The molecule has 0 radical (unpaired) electrons. The van der Waals surface area contributed by atoms with Gasteiger partial charge in [0.15, 0.2) is 0 Å². The number of para-hydroxylation sites is 1. The Morgan fingerprint density at radius 1 is 1.06 bits per heavy atom. The maximum absolute atomic E-state index is 5.46. The van der Waals surface area contributed by atoms with Gasteiger partial charge in [-0.25, -0.2) is 4.98 Å². The largest absolute Gasteiger partial charge is 0.330 e. The predicted octanol–water partition coefficient (Wildman–Crippen LogP) is 3.36. The lowest BCUT2D eigenvalue weighted by atomic mass is 10.1. The van der Waals surface area contributed by atoms with Crippen molar-refractivity contribution in [3.05, 3.63) is 29.3 Å². The molecular weight excluding hydrogens is 216 g/mol. The molecule has 86 valence electrons. The highest BCUT2D eigenvalue weighted by Gasteiger charge is 2.02. The summed E-state index contributed by atoms with van der Waals surface area (Å²) in [4.78, 5) is 4.62. The summed E-state index contributed by atoms with van der Waals surface area (Å²) in [6.45, 7) is 0.821. The van der Waals surface area contributed by atoms with Crippen LogP contribution in [0.25, 0.3) is 10.2 Å². The lowest BCUT2D eigenvalue weighted by Crippen LogP contribution is -1.97. The van der Waals surface area contributed by atoms with Gasteiger partial charge in [0.05, 0.1) is 15.2 Å². The highest BCUT2D eigenvalue weighted by Crippen LogP contribution is 2.22. The van der Waals surface area contributed by atoms with Crippen molar-refractivity contribution in [3.8, 4) is 0 Å². The molecule has 0 bridgehead atoms.